The number of nitrogens with zero attached hydrogens (tertiary/aromatic N) is 1. The van der Waals surface area contributed by atoms with E-state index >= 15 is 0 Å². The molecule has 0 unspecified atom stereocenters. The second-order valence-electron chi connectivity index (χ2n) is 7.01. The maximum Gasteiger partial charge on any atom is 0.365 e. The molecule has 154 valence electrons. The number of oxime groups is 1. The zero-order valence-corrected chi connectivity index (χ0v) is 17.9. The highest BCUT2D eigenvalue weighted by Crippen LogP contribution is 2.23. The van der Waals surface area contributed by atoms with Gasteiger partial charge >= 0.3 is 5.97 Å². The topological polar surface area (TPSA) is 55.7 Å². The van der Waals surface area contributed by atoms with Crippen LogP contribution in [0.2, 0.25) is 0 Å². The molecule has 1 aromatic heterocycles. The highest BCUT2D eigenvalue weighted by atomic mass is 32.1. The largest absolute Gasteiger partial charge is 0.365 e. The van der Waals surface area contributed by atoms with Crippen molar-refractivity contribution in [2.24, 2.45) is 5.16 Å². The van der Waals surface area contributed by atoms with Crippen LogP contribution in [-0.2, 0) is 4.84 Å². The molecule has 4 nitrogen and oxygen atoms in total. The maximum atomic E-state index is 13.0. The fraction of sp³-hybridized carbons (Fsp3) is 0.240. The lowest BCUT2D eigenvalue weighted by Gasteiger charge is -2.07. The van der Waals surface area contributed by atoms with Gasteiger partial charge in [0.2, 0.25) is 5.78 Å². The second-order valence-corrected chi connectivity index (χ2v) is 7.79. The Kier molecular flexibility index (Phi) is 8.10. The number of rotatable bonds is 10. The molecule has 0 aliphatic rings. The number of unbranched alkanes of at least 4 members (excludes halogenated alkanes) is 3. The molecule has 0 bridgehead atoms. The van der Waals surface area contributed by atoms with Crippen LogP contribution in [0.25, 0.3) is 11.1 Å². The fourth-order valence-corrected chi connectivity index (χ4v) is 3.72. The van der Waals surface area contributed by atoms with Gasteiger partial charge in [0.1, 0.15) is 5.71 Å². The van der Waals surface area contributed by atoms with Crippen LogP contribution in [0.4, 0.5) is 0 Å². The van der Waals surface area contributed by atoms with E-state index in [2.05, 4.69) is 17.5 Å². The smallest absolute Gasteiger partial charge is 0.312 e. The molecule has 0 radical (unpaired) electrons. The summed E-state index contributed by atoms with van der Waals surface area (Å²) in [5.74, 6) is -0.772. The predicted octanol–water partition coefficient (Wildman–Crippen LogP) is 6.78. The van der Waals surface area contributed by atoms with E-state index in [1.807, 2.05) is 29.6 Å². The first-order chi connectivity index (χ1) is 14.7. The highest BCUT2D eigenvalue weighted by Gasteiger charge is 2.17. The first-order valence-corrected chi connectivity index (χ1v) is 11.1. The van der Waals surface area contributed by atoms with Crippen molar-refractivity contribution < 1.29 is 14.4 Å². The van der Waals surface area contributed by atoms with E-state index in [4.69, 9.17) is 4.84 Å². The molecule has 0 aliphatic carbocycles. The Balaban J connectivity index is 1.74. The lowest BCUT2D eigenvalue weighted by Crippen LogP contribution is -2.16. The van der Waals surface area contributed by atoms with E-state index < -0.39 is 5.97 Å². The Morgan fingerprint density at radius 3 is 2.30 bits per heavy atom. The normalized spacial score (nSPS) is 11.3. The summed E-state index contributed by atoms with van der Waals surface area (Å²) in [6, 6.07) is 18.2. The van der Waals surface area contributed by atoms with Crippen molar-refractivity contribution in [3.63, 3.8) is 0 Å². The molecule has 3 aromatic rings. The third kappa shape index (κ3) is 5.97. The standard InChI is InChI=1S/C25H25NO3S/c1-2-3-4-8-11-23(26-29-25(28)21-9-6-5-7-10-21)24(27)20-14-12-19(13-15-20)22-16-17-30-18-22/h5-7,9-10,12-18H,2-4,8,11H2,1H3. The zero-order valence-electron chi connectivity index (χ0n) is 17.0. The lowest BCUT2D eigenvalue weighted by atomic mass is 9.99. The summed E-state index contributed by atoms with van der Waals surface area (Å²) in [4.78, 5) is 30.4. The van der Waals surface area contributed by atoms with Gasteiger partial charge in [-0.2, -0.15) is 11.3 Å². The van der Waals surface area contributed by atoms with Crippen LogP contribution in [0.3, 0.4) is 0 Å². The van der Waals surface area contributed by atoms with Crippen molar-refractivity contribution in [1.29, 1.82) is 0 Å². The number of ketones is 1. The molecule has 3 rings (SSSR count). The van der Waals surface area contributed by atoms with Gasteiger partial charge in [0.05, 0.1) is 5.56 Å². The second kappa shape index (κ2) is 11.2. The van der Waals surface area contributed by atoms with Crippen LogP contribution in [0.1, 0.15) is 59.7 Å². The summed E-state index contributed by atoms with van der Waals surface area (Å²) >= 11 is 1.64. The van der Waals surface area contributed by atoms with Gasteiger partial charge in [-0.25, -0.2) is 4.79 Å². The zero-order chi connectivity index (χ0) is 21.2. The predicted molar refractivity (Wildman–Crippen MR) is 122 cm³/mol. The minimum atomic E-state index is -0.567. The molecule has 0 saturated heterocycles. The molecular weight excluding hydrogens is 394 g/mol. The Morgan fingerprint density at radius 2 is 1.63 bits per heavy atom. The Morgan fingerprint density at radius 1 is 0.867 bits per heavy atom. The lowest BCUT2D eigenvalue weighted by molar-refractivity contribution is 0.0514. The number of hydrogen-bond acceptors (Lipinski definition) is 5. The van der Waals surface area contributed by atoms with Gasteiger partial charge in [0.15, 0.2) is 0 Å². The van der Waals surface area contributed by atoms with E-state index in [1.54, 1.807) is 47.7 Å². The monoisotopic (exact) mass is 419 g/mol. The van der Waals surface area contributed by atoms with E-state index in [1.165, 1.54) is 0 Å². The van der Waals surface area contributed by atoms with Crippen molar-refractivity contribution >= 4 is 28.8 Å². The van der Waals surface area contributed by atoms with Crippen LogP contribution in [0.15, 0.2) is 76.6 Å². The Labute approximate surface area is 181 Å². The van der Waals surface area contributed by atoms with Crippen LogP contribution in [0.5, 0.6) is 0 Å². The van der Waals surface area contributed by atoms with Crippen molar-refractivity contribution in [3.05, 3.63) is 82.6 Å². The molecule has 0 spiro atoms. The van der Waals surface area contributed by atoms with E-state index in [-0.39, 0.29) is 11.5 Å². The molecule has 0 amide bonds. The molecule has 0 atom stereocenters. The molecule has 0 N–H and O–H groups in total. The molecule has 0 fully saturated rings. The van der Waals surface area contributed by atoms with Gasteiger partial charge in [0.25, 0.3) is 0 Å². The molecule has 0 aliphatic heterocycles. The minimum Gasteiger partial charge on any atom is -0.312 e. The summed E-state index contributed by atoms with van der Waals surface area (Å²) in [7, 11) is 0. The van der Waals surface area contributed by atoms with Gasteiger partial charge in [0, 0.05) is 5.56 Å². The number of carbonyl (C=O) groups is 2. The third-order valence-corrected chi connectivity index (χ3v) is 5.46. The van der Waals surface area contributed by atoms with Crippen molar-refractivity contribution in [1.82, 2.24) is 0 Å². The number of benzene rings is 2. The molecule has 1 heterocycles. The van der Waals surface area contributed by atoms with E-state index in [0.29, 0.717) is 17.5 Å². The quantitative estimate of drug-likeness (QED) is 0.120. The highest BCUT2D eigenvalue weighted by molar-refractivity contribution is 7.08. The molecule has 5 heteroatoms. The number of Topliss-reactive ketones (excluding diaryl/α,β-unsaturated/α-hetero) is 1. The van der Waals surface area contributed by atoms with Crippen molar-refractivity contribution in [2.45, 2.75) is 39.0 Å². The van der Waals surface area contributed by atoms with Gasteiger partial charge < -0.3 is 4.84 Å². The Hall–Kier alpha value is -3.05. The summed E-state index contributed by atoms with van der Waals surface area (Å²) in [6.45, 7) is 2.14. The molecular formula is C25H25NO3S. The van der Waals surface area contributed by atoms with Crippen molar-refractivity contribution in [2.75, 3.05) is 0 Å². The SMILES string of the molecule is CCCCCCC(=NOC(=O)c1ccccc1)C(=O)c1ccc(-c2ccsc2)cc1. The summed E-state index contributed by atoms with van der Waals surface area (Å²) in [5.41, 5.74) is 3.41. The van der Waals surface area contributed by atoms with E-state index in [0.717, 1.165) is 36.8 Å². The third-order valence-electron chi connectivity index (χ3n) is 4.78. The first kappa shape index (κ1) is 21.7. The molecule has 0 saturated carbocycles. The van der Waals surface area contributed by atoms with Crippen LogP contribution in [0, 0.1) is 0 Å². The van der Waals surface area contributed by atoms with Crippen molar-refractivity contribution in [3.8, 4) is 11.1 Å². The number of carbonyl (C=O) groups excluding carboxylic acids is 2. The summed E-state index contributed by atoms with van der Waals surface area (Å²) in [6.07, 6.45) is 4.52. The van der Waals surface area contributed by atoms with Crippen LogP contribution in [-0.4, -0.2) is 17.5 Å². The summed E-state index contributed by atoms with van der Waals surface area (Å²) in [5, 5.41) is 8.06. The van der Waals surface area contributed by atoms with Crippen LogP contribution >= 0.6 is 11.3 Å². The minimum absolute atomic E-state index is 0.204. The van der Waals surface area contributed by atoms with E-state index in [9.17, 15) is 9.59 Å². The first-order valence-electron chi connectivity index (χ1n) is 10.2. The molecule has 2 aromatic carbocycles. The average molecular weight is 420 g/mol. The fourth-order valence-electron chi connectivity index (χ4n) is 3.05. The van der Waals surface area contributed by atoms with Gasteiger partial charge in [-0.05, 0) is 52.9 Å². The number of hydrogen-bond donors (Lipinski definition) is 0. The number of thiophene rings is 1. The van der Waals surface area contributed by atoms with Gasteiger partial charge in [-0.3, -0.25) is 4.79 Å². The van der Waals surface area contributed by atoms with Gasteiger partial charge in [-0.1, -0.05) is 73.8 Å². The average Bonchev–Trinajstić information content (AvgIpc) is 3.34. The Bertz CT molecular complexity index is 977. The van der Waals surface area contributed by atoms with Gasteiger partial charge in [-0.15, -0.1) is 0 Å². The van der Waals surface area contributed by atoms with Crippen LogP contribution < -0.4 is 0 Å². The summed E-state index contributed by atoms with van der Waals surface area (Å²) < 4.78 is 0. The maximum absolute atomic E-state index is 13.0. The molecule has 30 heavy (non-hydrogen) atoms.